The SMILES string of the molecule is Fc1ccccc1C1Cn2cnc(-c3nc(-c4cccc(C(F)(F)F)c4)no3)c2CO1. The van der Waals surface area contributed by atoms with Crippen molar-refractivity contribution >= 4 is 0 Å². The van der Waals surface area contributed by atoms with Gasteiger partial charge in [-0.15, -0.1) is 0 Å². The quantitative estimate of drug-likeness (QED) is 0.427. The first kappa shape index (κ1) is 19.4. The Labute approximate surface area is 173 Å². The molecule has 3 heterocycles. The maximum Gasteiger partial charge on any atom is 0.416 e. The summed E-state index contributed by atoms with van der Waals surface area (Å²) in [7, 11) is 0. The van der Waals surface area contributed by atoms with E-state index in [9.17, 15) is 17.6 Å². The molecule has 1 unspecified atom stereocenters. The van der Waals surface area contributed by atoms with Gasteiger partial charge in [0.1, 0.15) is 11.9 Å². The molecular weight excluding hydrogens is 416 g/mol. The molecule has 0 aliphatic carbocycles. The number of halogens is 4. The predicted octanol–water partition coefficient (Wildman–Crippen LogP) is 5.03. The number of benzene rings is 2. The molecule has 4 aromatic rings. The molecule has 10 heteroatoms. The molecule has 0 N–H and O–H groups in total. The van der Waals surface area contributed by atoms with E-state index in [1.165, 1.54) is 18.2 Å². The van der Waals surface area contributed by atoms with E-state index in [0.29, 0.717) is 23.5 Å². The van der Waals surface area contributed by atoms with Crippen LogP contribution in [0.1, 0.15) is 22.9 Å². The third-order valence-electron chi connectivity index (χ3n) is 5.06. The van der Waals surface area contributed by atoms with Gasteiger partial charge < -0.3 is 13.8 Å². The molecule has 5 rings (SSSR count). The van der Waals surface area contributed by atoms with Crippen LogP contribution in [0.2, 0.25) is 0 Å². The van der Waals surface area contributed by atoms with Crippen LogP contribution in [0.25, 0.3) is 23.0 Å². The lowest BCUT2D eigenvalue weighted by molar-refractivity contribution is -0.137. The van der Waals surface area contributed by atoms with Gasteiger partial charge in [-0.05, 0) is 18.2 Å². The van der Waals surface area contributed by atoms with Gasteiger partial charge in [-0.2, -0.15) is 18.2 Å². The van der Waals surface area contributed by atoms with Gasteiger partial charge in [-0.25, -0.2) is 9.37 Å². The summed E-state index contributed by atoms with van der Waals surface area (Å²) in [6.07, 6.45) is -3.38. The van der Waals surface area contributed by atoms with Gasteiger partial charge in [0.15, 0.2) is 5.69 Å². The molecule has 158 valence electrons. The zero-order chi connectivity index (χ0) is 21.6. The Bertz CT molecular complexity index is 1250. The number of nitrogens with zero attached hydrogens (tertiary/aromatic N) is 4. The lowest BCUT2D eigenvalue weighted by Crippen LogP contribution is -2.21. The average Bonchev–Trinajstić information content (AvgIpc) is 3.40. The van der Waals surface area contributed by atoms with Crippen LogP contribution in [0, 0.1) is 5.82 Å². The molecule has 1 aliphatic rings. The third kappa shape index (κ3) is 3.59. The Hall–Kier alpha value is -3.53. The van der Waals surface area contributed by atoms with Gasteiger partial charge >= 0.3 is 6.18 Å². The fourth-order valence-corrected chi connectivity index (χ4v) is 3.50. The highest BCUT2D eigenvalue weighted by atomic mass is 19.4. The Morgan fingerprint density at radius 2 is 1.90 bits per heavy atom. The second-order valence-electron chi connectivity index (χ2n) is 7.02. The van der Waals surface area contributed by atoms with E-state index in [-0.39, 0.29) is 29.7 Å². The molecular formula is C21H14F4N4O2. The number of aromatic nitrogens is 4. The number of ether oxygens (including phenoxy) is 1. The molecule has 0 spiro atoms. The number of imidazole rings is 1. The Kier molecular flexibility index (Phi) is 4.58. The molecule has 0 amide bonds. The smallest absolute Gasteiger partial charge is 0.365 e. The van der Waals surface area contributed by atoms with E-state index < -0.39 is 17.8 Å². The summed E-state index contributed by atoms with van der Waals surface area (Å²) in [4.78, 5) is 8.50. The predicted molar refractivity (Wildman–Crippen MR) is 99.9 cm³/mol. The van der Waals surface area contributed by atoms with Gasteiger partial charge in [0.05, 0.1) is 30.7 Å². The number of alkyl halides is 3. The van der Waals surface area contributed by atoms with Crippen LogP contribution in [0.15, 0.2) is 59.4 Å². The van der Waals surface area contributed by atoms with Crippen molar-refractivity contribution in [3.63, 3.8) is 0 Å². The van der Waals surface area contributed by atoms with Crippen LogP contribution in [-0.4, -0.2) is 19.7 Å². The molecule has 2 aromatic heterocycles. The van der Waals surface area contributed by atoms with E-state index in [4.69, 9.17) is 9.26 Å². The van der Waals surface area contributed by atoms with Crippen LogP contribution in [0.4, 0.5) is 17.6 Å². The first-order valence-corrected chi connectivity index (χ1v) is 9.32. The fraction of sp³-hybridized carbons (Fsp3) is 0.190. The lowest BCUT2D eigenvalue weighted by Gasteiger charge is -2.25. The molecule has 0 radical (unpaired) electrons. The topological polar surface area (TPSA) is 66.0 Å². The minimum absolute atomic E-state index is 0.0174. The second kappa shape index (κ2) is 7.31. The zero-order valence-corrected chi connectivity index (χ0v) is 15.8. The standard InChI is InChI=1S/C21H14F4N4O2/c22-15-7-2-1-6-14(15)17-9-29-11-26-18(16(29)10-30-17)20-27-19(28-31-20)12-4-3-5-13(8-12)21(23,24)25/h1-8,11,17H,9-10H2. The van der Waals surface area contributed by atoms with E-state index in [0.717, 1.165) is 12.1 Å². The monoisotopic (exact) mass is 430 g/mol. The van der Waals surface area contributed by atoms with Crippen molar-refractivity contribution in [2.24, 2.45) is 0 Å². The van der Waals surface area contributed by atoms with Crippen LogP contribution in [0.3, 0.4) is 0 Å². The molecule has 1 aliphatic heterocycles. The summed E-state index contributed by atoms with van der Waals surface area (Å²) in [5.41, 5.74) is 0.856. The summed E-state index contributed by atoms with van der Waals surface area (Å²) in [6.45, 7) is 0.480. The molecule has 2 aromatic carbocycles. The highest BCUT2D eigenvalue weighted by Gasteiger charge is 2.31. The van der Waals surface area contributed by atoms with E-state index in [1.807, 2.05) is 4.57 Å². The molecule has 0 saturated heterocycles. The van der Waals surface area contributed by atoms with Crippen molar-refractivity contribution < 1.29 is 26.8 Å². The molecule has 1 atom stereocenters. The van der Waals surface area contributed by atoms with Gasteiger partial charge in [0.25, 0.3) is 5.89 Å². The zero-order valence-electron chi connectivity index (χ0n) is 15.8. The van der Waals surface area contributed by atoms with Gasteiger partial charge in [-0.3, -0.25) is 0 Å². The minimum Gasteiger partial charge on any atom is -0.365 e. The normalized spacial score (nSPS) is 16.3. The second-order valence-corrected chi connectivity index (χ2v) is 7.02. The highest BCUT2D eigenvalue weighted by Crippen LogP contribution is 2.34. The minimum atomic E-state index is -4.47. The van der Waals surface area contributed by atoms with Crippen molar-refractivity contribution in [3.05, 3.63) is 77.5 Å². The van der Waals surface area contributed by atoms with Gasteiger partial charge in [0, 0.05) is 11.1 Å². The highest BCUT2D eigenvalue weighted by molar-refractivity contribution is 5.60. The van der Waals surface area contributed by atoms with Crippen molar-refractivity contribution in [2.75, 3.05) is 0 Å². The number of hydrogen-bond acceptors (Lipinski definition) is 5. The first-order chi connectivity index (χ1) is 14.9. The van der Waals surface area contributed by atoms with Crippen molar-refractivity contribution in [1.82, 2.24) is 19.7 Å². The summed E-state index contributed by atoms with van der Waals surface area (Å²) in [5.74, 6) is -0.267. The molecule has 31 heavy (non-hydrogen) atoms. The summed E-state index contributed by atoms with van der Waals surface area (Å²) in [5, 5.41) is 3.80. The van der Waals surface area contributed by atoms with E-state index in [2.05, 4.69) is 15.1 Å². The lowest BCUT2D eigenvalue weighted by atomic mass is 10.1. The van der Waals surface area contributed by atoms with E-state index >= 15 is 0 Å². The van der Waals surface area contributed by atoms with Crippen LogP contribution < -0.4 is 0 Å². The number of fused-ring (bicyclic) bond motifs is 1. The van der Waals surface area contributed by atoms with Crippen LogP contribution >= 0.6 is 0 Å². The maximum absolute atomic E-state index is 14.1. The van der Waals surface area contributed by atoms with Gasteiger partial charge in [-0.1, -0.05) is 35.5 Å². The van der Waals surface area contributed by atoms with Crippen molar-refractivity contribution in [1.29, 1.82) is 0 Å². The molecule has 0 fully saturated rings. The van der Waals surface area contributed by atoms with E-state index in [1.54, 1.807) is 24.5 Å². The van der Waals surface area contributed by atoms with Crippen LogP contribution in [-0.2, 0) is 24.1 Å². The van der Waals surface area contributed by atoms with Crippen LogP contribution in [0.5, 0.6) is 0 Å². The fourth-order valence-electron chi connectivity index (χ4n) is 3.50. The third-order valence-corrected chi connectivity index (χ3v) is 5.06. The largest absolute Gasteiger partial charge is 0.416 e. The summed E-state index contributed by atoms with van der Waals surface area (Å²) >= 11 is 0. The molecule has 0 bridgehead atoms. The Morgan fingerprint density at radius 1 is 1.06 bits per heavy atom. The van der Waals surface area contributed by atoms with Crippen molar-refractivity contribution in [3.8, 4) is 23.0 Å². The van der Waals surface area contributed by atoms with Crippen molar-refractivity contribution in [2.45, 2.75) is 25.4 Å². The van der Waals surface area contributed by atoms with Gasteiger partial charge in [0.2, 0.25) is 5.82 Å². The molecule has 0 saturated carbocycles. The maximum atomic E-state index is 14.1. The first-order valence-electron chi connectivity index (χ1n) is 9.32. The molecule has 6 nitrogen and oxygen atoms in total. The Morgan fingerprint density at radius 3 is 2.71 bits per heavy atom. The summed E-state index contributed by atoms with van der Waals surface area (Å²) in [6, 6.07) is 11.1. The average molecular weight is 430 g/mol. The summed E-state index contributed by atoms with van der Waals surface area (Å²) < 4.78 is 65.9. The number of rotatable bonds is 3. The Balaban J connectivity index is 1.42. The number of hydrogen-bond donors (Lipinski definition) is 0.